The quantitative estimate of drug-likeness (QED) is 0.225. The van der Waals surface area contributed by atoms with Crippen LogP contribution < -0.4 is 14.4 Å². The Labute approximate surface area is 230 Å². The highest BCUT2D eigenvalue weighted by Gasteiger charge is 2.46. The molecule has 1 aliphatic rings. The number of rotatable bonds is 8. The minimum Gasteiger partial charge on any atom is -0.507 e. The van der Waals surface area contributed by atoms with Crippen molar-refractivity contribution in [2.45, 2.75) is 39.3 Å². The lowest BCUT2D eigenvalue weighted by Gasteiger charge is -2.26. The summed E-state index contributed by atoms with van der Waals surface area (Å²) in [4.78, 5) is 30.6. The smallest absolute Gasteiger partial charge is 0.295 e. The molecule has 0 bridgehead atoms. The summed E-state index contributed by atoms with van der Waals surface area (Å²) in [6, 6.07) is 18.0. The number of nitrogens with zero attached hydrogens (tertiary/aromatic N) is 2. The van der Waals surface area contributed by atoms with Crippen molar-refractivity contribution >= 4 is 23.1 Å². The summed E-state index contributed by atoms with van der Waals surface area (Å²) >= 11 is 0. The van der Waals surface area contributed by atoms with E-state index in [0.717, 1.165) is 33.7 Å². The molecule has 1 atom stereocenters. The molecule has 1 fully saturated rings. The molecule has 0 radical (unpaired) electrons. The third-order valence-electron chi connectivity index (χ3n) is 7.23. The van der Waals surface area contributed by atoms with Gasteiger partial charge in [-0.3, -0.25) is 9.59 Å². The van der Waals surface area contributed by atoms with Crippen LogP contribution in [0, 0.1) is 6.92 Å². The third-order valence-corrected chi connectivity index (χ3v) is 7.23. The Morgan fingerprint density at radius 2 is 1.62 bits per heavy atom. The molecule has 1 saturated heterocycles. The van der Waals surface area contributed by atoms with Gasteiger partial charge in [0.25, 0.3) is 11.7 Å². The molecule has 0 spiro atoms. The number of anilines is 1. The molecule has 39 heavy (non-hydrogen) atoms. The molecule has 1 N–H and O–H groups in total. The first-order chi connectivity index (χ1) is 18.6. The Bertz CT molecular complexity index is 1410. The molecule has 204 valence electrons. The first kappa shape index (κ1) is 27.8. The molecule has 4 rings (SSSR count). The molecule has 1 amide bonds. The van der Waals surface area contributed by atoms with E-state index >= 15 is 0 Å². The summed E-state index contributed by atoms with van der Waals surface area (Å²) in [7, 11) is 7.10. The second kappa shape index (κ2) is 11.2. The number of hydrogen-bond donors (Lipinski definition) is 1. The van der Waals surface area contributed by atoms with Crippen LogP contribution in [0.4, 0.5) is 5.69 Å². The fourth-order valence-electron chi connectivity index (χ4n) is 5.00. The van der Waals surface area contributed by atoms with Crippen molar-refractivity contribution in [2.24, 2.45) is 0 Å². The summed E-state index contributed by atoms with van der Waals surface area (Å²) in [6.07, 6.45) is 0. The maximum absolute atomic E-state index is 13.6. The van der Waals surface area contributed by atoms with Crippen LogP contribution in [0.5, 0.6) is 11.5 Å². The maximum atomic E-state index is 13.6. The Kier molecular flexibility index (Phi) is 8.00. The molecular formula is C32H36N2O5. The van der Waals surface area contributed by atoms with Gasteiger partial charge >= 0.3 is 0 Å². The Balaban J connectivity index is 1.89. The van der Waals surface area contributed by atoms with Gasteiger partial charge in [-0.2, -0.15) is 0 Å². The summed E-state index contributed by atoms with van der Waals surface area (Å²) in [5, 5.41) is 11.7. The Hall–Kier alpha value is -4.26. The van der Waals surface area contributed by atoms with Crippen LogP contribution >= 0.6 is 0 Å². The second-order valence-electron chi connectivity index (χ2n) is 10.3. The fourth-order valence-corrected chi connectivity index (χ4v) is 5.00. The van der Waals surface area contributed by atoms with Crippen LogP contribution in [0.3, 0.4) is 0 Å². The number of ketones is 1. The molecule has 1 aliphatic heterocycles. The van der Waals surface area contributed by atoms with E-state index in [0.29, 0.717) is 11.3 Å². The zero-order valence-corrected chi connectivity index (χ0v) is 23.6. The lowest BCUT2D eigenvalue weighted by atomic mass is 9.91. The van der Waals surface area contributed by atoms with Crippen LogP contribution in [0.15, 0.2) is 66.2 Å². The van der Waals surface area contributed by atoms with E-state index < -0.39 is 17.7 Å². The van der Waals surface area contributed by atoms with Gasteiger partial charge in [-0.25, -0.2) is 0 Å². The molecule has 1 unspecified atom stereocenters. The minimum absolute atomic E-state index is 0.0779. The number of benzene rings is 3. The van der Waals surface area contributed by atoms with E-state index in [9.17, 15) is 14.7 Å². The predicted octanol–water partition coefficient (Wildman–Crippen LogP) is 5.82. The number of carbonyl (C=O) groups is 2. The summed E-state index contributed by atoms with van der Waals surface area (Å²) in [5.41, 5.74) is 4.81. The lowest BCUT2D eigenvalue weighted by molar-refractivity contribution is -0.140. The molecule has 7 nitrogen and oxygen atoms in total. The van der Waals surface area contributed by atoms with Crippen molar-refractivity contribution in [1.82, 2.24) is 4.90 Å². The van der Waals surface area contributed by atoms with Gasteiger partial charge in [0.2, 0.25) is 0 Å². The van der Waals surface area contributed by atoms with Crippen LogP contribution in [0.1, 0.15) is 53.6 Å². The van der Waals surface area contributed by atoms with E-state index in [-0.39, 0.29) is 23.8 Å². The molecule has 3 aromatic carbocycles. The largest absolute Gasteiger partial charge is 0.507 e. The molecule has 0 aliphatic carbocycles. The number of likely N-dealkylation sites (tertiary alicyclic amines) is 1. The number of aliphatic hydroxyl groups excluding tert-OH is 1. The molecular weight excluding hydrogens is 492 g/mol. The maximum Gasteiger partial charge on any atom is 0.295 e. The Morgan fingerprint density at radius 3 is 2.15 bits per heavy atom. The first-order valence-corrected chi connectivity index (χ1v) is 12.9. The molecule has 0 saturated carbocycles. The SMILES string of the molecule is COc1ccc(CN2C(=O)C(=O)/C(=C(/O)c3cc(C(C)C)c(OC)cc3C)C2c2ccc(N(C)C)cc2)cc1. The van der Waals surface area contributed by atoms with E-state index in [1.807, 2.05) is 100 Å². The van der Waals surface area contributed by atoms with Gasteiger partial charge in [-0.15, -0.1) is 0 Å². The van der Waals surface area contributed by atoms with Crippen molar-refractivity contribution in [3.05, 3.63) is 94.1 Å². The van der Waals surface area contributed by atoms with Crippen LogP contribution in [-0.2, 0) is 16.1 Å². The molecule has 3 aromatic rings. The topological polar surface area (TPSA) is 79.3 Å². The molecule has 0 aromatic heterocycles. The van der Waals surface area contributed by atoms with Gasteiger partial charge in [-0.1, -0.05) is 38.1 Å². The first-order valence-electron chi connectivity index (χ1n) is 12.9. The number of amides is 1. The average molecular weight is 529 g/mol. The zero-order chi connectivity index (χ0) is 28.4. The third kappa shape index (κ3) is 5.35. The van der Waals surface area contributed by atoms with Gasteiger partial charge in [0, 0.05) is 31.9 Å². The highest BCUT2D eigenvalue weighted by atomic mass is 16.5. The second-order valence-corrected chi connectivity index (χ2v) is 10.3. The van der Waals surface area contributed by atoms with Crippen LogP contribution in [-0.4, -0.2) is 50.0 Å². The minimum atomic E-state index is -0.757. The van der Waals surface area contributed by atoms with Crippen LogP contribution in [0.2, 0.25) is 0 Å². The number of methoxy groups -OCH3 is 2. The zero-order valence-electron chi connectivity index (χ0n) is 23.6. The van der Waals surface area contributed by atoms with Crippen LogP contribution in [0.25, 0.3) is 5.76 Å². The number of aliphatic hydroxyl groups is 1. The molecule has 7 heteroatoms. The van der Waals surface area contributed by atoms with E-state index in [1.165, 1.54) is 4.90 Å². The highest BCUT2D eigenvalue weighted by molar-refractivity contribution is 6.46. The van der Waals surface area contributed by atoms with E-state index in [1.54, 1.807) is 14.2 Å². The fraction of sp³-hybridized carbons (Fsp3) is 0.312. The number of Topliss-reactive ketones (excluding diaryl/α,β-unsaturated/α-hetero) is 1. The van der Waals surface area contributed by atoms with E-state index in [2.05, 4.69) is 0 Å². The lowest BCUT2D eigenvalue weighted by Crippen LogP contribution is -2.29. The summed E-state index contributed by atoms with van der Waals surface area (Å²) in [5.74, 6) is 0.00369. The standard InChI is InChI=1S/C32H36N2O5/c1-19(2)25-17-26(20(3)16-27(25)39-7)30(35)28-29(22-10-12-23(13-11-22)33(4)5)34(32(37)31(28)36)18-21-8-14-24(38-6)15-9-21/h8-17,19,29,35H,18H2,1-7H3/b30-28+. The van der Waals surface area contributed by atoms with Gasteiger partial charge in [-0.05, 0) is 71.5 Å². The normalized spacial score (nSPS) is 16.6. The number of hydrogen-bond acceptors (Lipinski definition) is 6. The van der Waals surface area contributed by atoms with Crippen molar-refractivity contribution in [2.75, 3.05) is 33.2 Å². The van der Waals surface area contributed by atoms with Crippen molar-refractivity contribution in [3.8, 4) is 11.5 Å². The van der Waals surface area contributed by atoms with Gasteiger partial charge in [0.1, 0.15) is 17.3 Å². The van der Waals surface area contributed by atoms with Crippen molar-refractivity contribution in [1.29, 1.82) is 0 Å². The van der Waals surface area contributed by atoms with Crippen molar-refractivity contribution < 1.29 is 24.2 Å². The van der Waals surface area contributed by atoms with Gasteiger partial charge in [0.15, 0.2) is 0 Å². The predicted molar refractivity (Wildman–Crippen MR) is 153 cm³/mol. The van der Waals surface area contributed by atoms with Gasteiger partial charge < -0.3 is 24.4 Å². The average Bonchev–Trinajstić information content (AvgIpc) is 3.17. The molecule has 1 heterocycles. The summed E-state index contributed by atoms with van der Waals surface area (Å²) in [6.45, 7) is 6.13. The summed E-state index contributed by atoms with van der Waals surface area (Å²) < 4.78 is 10.8. The van der Waals surface area contributed by atoms with Gasteiger partial charge in [0.05, 0.1) is 25.8 Å². The number of carbonyl (C=O) groups excluding carboxylic acids is 2. The highest BCUT2D eigenvalue weighted by Crippen LogP contribution is 2.42. The number of aryl methyl sites for hydroxylation is 1. The Morgan fingerprint density at radius 1 is 0.974 bits per heavy atom. The van der Waals surface area contributed by atoms with E-state index in [4.69, 9.17) is 9.47 Å². The number of ether oxygens (including phenoxy) is 2. The monoisotopic (exact) mass is 528 g/mol. The van der Waals surface area contributed by atoms with Crippen molar-refractivity contribution in [3.63, 3.8) is 0 Å².